The van der Waals surface area contributed by atoms with Gasteiger partial charge in [0.1, 0.15) is 5.03 Å². The van der Waals surface area contributed by atoms with E-state index in [1.165, 1.54) is 6.20 Å². The highest BCUT2D eigenvalue weighted by Crippen LogP contribution is 2.28. The fourth-order valence-corrected chi connectivity index (χ4v) is 1.70. The van der Waals surface area contributed by atoms with Crippen molar-refractivity contribution in [3.63, 3.8) is 0 Å². The van der Waals surface area contributed by atoms with Gasteiger partial charge < -0.3 is 0 Å². The highest BCUT2D eigenvalue weighted by atomic mass is 35.5. The van der Waals surface area contributed by atoms with Crippen LogP contribution in [0.4, 0.5) is 5.95 Å². The number of hydrogen-bond donors (Lipinski definition) is 2. The van der Waals surface area contributed by atoms with Crippen molar-refractivity contribution < 1.29 is 0 Å². The number of nitrogens with two attached hydrogens (primary N) is 1. The van der Waals surface area contributed by atoms with Crippen molar-refractivity contribution >= 4 is 29.3 Å². The van der Waals surface area contributed by atoms with E-state index in [2.05, 4.69) is 29.2 Å². The van der Waals surface area contributed by atoms with Gasteiger partial charge in [-0.2, -0.15) is 0 Å². The van der Waals surface area contributed by atoms with Crippen LogP contribution in [0.15, 0.2) is 11.2 Å². The Hall–Kier alpha value is -0.520. The second kappa shape index (κ2) is 4.64. The van der Waals surface area contributed by atoms with Crippen LogP contribution in [0.1, 0.15) is 13.8 Å². The zero-order chi connectivity index (χ0) is 9.84. The van der Waals surface area contributed by atoms with Gasteiger partial charge in [0.2, 0.25) is 5.95 Å². The molecule has 72 valence electrons. The maximum atomic E-state index is 5.88. The molecule has 0 radical (unpaired) electrons. The van der Waals surface area contributed by atoms with Crippen molar-refractivity contribution in [3.05, 3.63) is 11.2 Å². The lowest BCUT2D eigenvalue weighted by Gasteiger charge is -2.06. The molecule has 0 atom stereocenters. The Morgan fingerprint density at radius 1 is 1.62 bits per heavy atom. The van der Waals surface area contributed by atoms with Gasteiger partial charge in [-0.05, 0) is 0 Å². The lowest BCUT2D eigenvalue weighted by molar-refractivity contribution is 1.01. The van der Waals surface area contributed by atoms with E-state index in [-0.39, 0.29) is 0 Å². The number of aromatic nitrogens is 2. The molecule has 0 saturated heterocycles. The molecular weight excluding hydrogens is 208 g/mol. The molecule has 13 heavy (non-hydrogen) atoms. The first-order valence-corrected chi connectivity index (χ1v) is 5.05. The van der Waals surface area contributed by atoms with Gasteiger partial charge in [-0.15, -0.1) is 11.8 Å². The van der Waals surface area contributed by atoms with Crippen LogP contribution in [0.2, 0.25) is 5.02 Å². The van der Waals surface area contributed by atoms with Gasteiger partial charge in [0.15, 0.2) is 0 Å². The van der Waals surface area contributed by atoms with Crippen molar-refractivity contribution in [2.24, 2.45) is 5.84 Å². The number of nitrogens with zero attached hydrogens (tertiary/aromatic N) is 2. The molecule has 6 heteroatoms. The number of nitrogens with one attached hydrogen (secondary N) is 1. The van der Waals surface area contributed by atoms with Gasteiger partial charge in [-0.25, -0.2) is 15.8 Å². The summed E-state index contributed by atoms with van der Waals surface area (Å²) in [5, 5.41) is 1.73. The van der Waals surface area contributed by atoms with Crippen LogP contribution < -0.4 is 11.3 Å². The minimum atomic E-state index is 0.382. The third-order valence-electron chi connectivity index (χ3n) is 1.19. The molecule has 0 aliphatic rings. The third kappa shape index (κ3) is 3.02. The fourth-order valence-electron chi connectivity index (χ4n) is 0.727. The molecular formula is C7H11ClN4S. The van der Waals surface area contributed by atoms with Crippen molar-refractivity contribution in [1.82, 2.24) is 9.97 Å². The topological polar surface area (TPSA) is 63.8 Å². The molecule has 0 aromatic carbocycles. The molecule has 0 aliphatic heterocycles. The maximum absolute atomic E-state index is 5.88. The Balaban J connectivity index is 2.90. The van der Waals surface area contributed by atoms with Crippen molar-refractivity contribution in [1.29, 1.82) is 0 Å². The Kier molecular flexibility index (Phi) is 3.77. The average molecular weight is 219 g/mol. The largest absolute Gasteiger partial charge is 0.292 e. The molecule has 0 unspecified atom stereocenters. The van der Waals surface area contributed by atoms with Gasteiger partial charge in [0.05, 0.1) is 11.2 Å². The molecule has 1 rings (SSSR count). The lowest BCUT2D eigenvalue weighted by Crippen LogP contribution is -2.10. The zero-order valence-corrected chi connectivity index (χ0v) is 8.99. The predicted molar refractivity (Wildman–Crippen MR) is 55.8 cm³/mol. The molecule has 1 aromatic heterocycles. The summed E-state index contributed by atoms with van der Waals surface area (Å²) in [6.45, 7) is 4.14. The van der Waals surface area contributed by atoms with E-state index >= 15 is 0 Å². The molecule has 4 nitrogen and oxygen atoms in total. The van der Waals surface area contributed by atoms with Crippen molar-refractivity contribution in [2.45, 2.75) is 24.1 Å². The SMILES string of the molecule is CC(C)Sc1nc(NN)ncc1Cl. The summed E-state index contributed by atoms with van der Waals surface area (Å²) >= 11 is 7.46. The van der Waals surface area contributed by atoms with Gasteiger partial charge in [-0.1, -0.05) is 25.4 Å². The quantitative estimate of drug-likeness (QED) is 0.351. The number of anilines is 1. The summed E-state index contributed by atoms with van der Waals surface area (Å²) in [5.41, 5.74) is 2.37. The number of hydrogen-bond acceptors (Lipinski definition) is 5. The summed E-state index contributed by atoms with van der Waals surface area (Å²) in [6, 6.07) is 0. The van der Waals surface area contributed by atoms with Crippen molar-refractivity contribution in [2.75, 3.05) is 5.43 Å². The molecule has 0 spiro atoms. The minimum Gasteiger partial charge on any atom is -0.292 e. The standard InChI is InChI=1S/C7H11ClN4S/c1-4(2)13-6-5(8)3-10-7(11-6)12-9/h3-4H,9H2,1-2H3,(H,10,11,12). The Morgan fingerprint density at radius 3 is 2.85 bits per heavy atom. The monoisotopic (exact) mass is 218 g/mol. The Labute approximate surface area is 86.3 Å². The van der Waals surface area contributed by atoms with E-state index in [0.29, 0.717) is 16.2 Å². The minimum absolute atomic E-state index is 0.382. The molecule has 3 N–H and O–H groups in total. The summed E-state index contributed by atoms with van der Waals surface area (Å²) < 4.78 is 0. The highest BCUT2D eigenvalue weighted by molar-refractivity contribution is 7.99. The van der Waals surface area contributed by atoms with Gasteiger partial charge in [0.25, 0.3) is 0 Å². The molecule has 1 heterocycles. The lowest BCUT2D eigenvalue weighted by atomic mass is 10.6. The smallest absolute Gasteiger partial charge is 0.238 e. The third-order valence-corrected chi connectivity index (χ3v) is 2.58. The molecule has 1 aromatic rings. The van der Waals surface area contributed by atoms with E-state index in [4.69, 9.17) is 17.4 Å². The Morgan fingerprint density at radius 2 is 2.31 bits per heavy atom. The number of thioether (sulfide) groups is 1. The van der Waals surface area contributed by atoms with Crippen LogP contribution in [-0.2, 0) is 0 Å². The van der Waals surface area contributed by atoms with Gasteiger partial charge in [0, 0.05) is 5.25 Å². The molecule has 0 bridgehead atoms. The molecule has 0 fully saturated rings. The summed E-state index contributed by atoms with van der Waals surface area (Å²) in [4.78, 5) is 7.99. The number of halogens is 1. The van der Waals surface area contributed by atoms with Crippen LogP contribution in [0.5, 0.6) is 0 Å². The van der Waals surface area contributed by atoms with Gasteiger partial charge in [-0.3, -0.25) is 5.43 Å². The van der Waals surface area contributed by atoms with Crippen LogP contribution in [-0.4, -0.2) is 15.2 Å². The van der Waals surface area contributed by atoms with Crippen molar-refractivity contribution in [3.8, 4) is 0 Å². The van der Waals surface area contributed by atoms with E-state index in [9.17, 15) is 0 Å². The number of hydrazine groups is 1. The number of nitrogen functional groups attached to an aromatic ring is 1. The average Bonchev–Trinajstić information content (AvgIpc) is 2.08. The summed E-state index contributed by atoms with van der Waals surface area (Å²) in [6.07, 6.45) is 1.54. The zero-order valence-electron chi connectivity index (χ0n) is 7.41. The second-order valence-electron chi connectivity index (χ2n) is 2.66. The summed E-state index contributed by atoms with van der Waals surface area (Å²) in [7, 11) is 0. The Bertz CT molecular complexity index is 292. The number of rotatable bonds is 3. The summed E-state index contributed by atoms with van der Waals surface area (Å²) in [5.74, 6) is 5.55. The van der Waals surface area contributed by atoms with E-state index < -0.39 is 0 Å². The second-order valence-corrected chi connectivity index (χ2v) is 4.63. The first-order chi connectivity index (χ1) is 6.13. The predicted octanol–water partition coefficient (Wildman–Crippen LogP) is 1.92. The first-order valence-electron chi connectivity index (χ1n) is 3.79. The normalized spacial score (nSPS) is 10.5. The van der Waals surface area contributed by atoms with Crippen LogP contribution >= 0.6 is 23.4 Å². The molecule has 0 amide bonds. The van der Waals surface area contributed by atoms with E-state index in [0.717, 1.165) is 5.03 Å². The van der Waals surface area contributed by atoms with E-state index in [1.54, 1.807) is 11.8 Å². The van der Waals surface area contributed by atoms with Crippen LogP contribution in [0.25, 0.3) is 0 Å². The fraction of sp³-hybridized carbons (Fsp3) is 0.429. The first kappa shape index (κ1) is 10.6. The molecule has 0 saturated carbocycles. The van der Waals surface area contributed by atoms with Gasteiger partial charge >= 0.3 is 0 Å². The maximum Gasteiger partial charge on any atom is 0.238 e. The van der Waals surface area contributed by atoms with E-state index in [1.807, 2.05) is 0 Å². The highest BCUT2D eigenvalue weighted by Gasteiger charge is 2.07. The molecule has 0 aliphatic carbocycles. The van der Waals surface area contributed by atoms with Crippen LogP contribution in [0, 0.1) is 0 Å². The van der Waals surface area contributed by atoms with Crippen LogP contribution in [0.3, 0.4) is 0 Å².